The van der Waals surface area contributed by atoms with Crippen molar-refractivity contribution in [1.29, 1.82) is 0 Å². The lowest BCUT2D eigenvalue weighted by Crippen LogP contribution is -1.91. The van der Waals surface area contributed by atoms with Crippen LogP contribution in [0.3, 0.4) is 0 Å². The van der Waals surface area contributed by atoms with Gasteiger partial charge in [0.2, 0.25) is 0 Å². The number of hydrogen-bond acceptors (Lipinski definition) is 2. The summed E-state index contributed by atoms with van der Waals surface area (Å²) >= 11 is 0. The molecular formula is C40H24O2. The van der Waals surface area contributed by atoms with Gasteiger partial charge in [0.05, 0.1) is 0 Å². The Balaban J connectivity index is 1.48. The van der Waals surface area contributed by atoms with E-state index in [0.29, 0.717) is 0 Å². The van der Waals surface area contributed by atoms with Gasteiger partial charge >= 0.3 is 0 Å². The fourth-order valence-electron chi connectivity index (χ4n) is 6.67. The molecule has 0 N–H and O–H groups in total. The smallest absolute Gasteiger partial charge is 0.143 e. The lowest BCUT2D eigenvalue weighted by molar-refractivity contribution is 0.632. The van der Waals surface area contributed by atoms with Crippen LogP contribution in [0.15, 0.2) is 154 Å². The highest BCUT2D eigenvalue weighted by Gasteiger charge is 2.25. The number of hydrogen-bond donors (Lipinski definition) is 0. The standard InChI is InChI=1S/C40H24O2/c1-3-13-25(14-4-1)37-28-18-7-9-20-30(28)38(31-21-10-8-19-29(31)37)39-33-24-35-32(27-17-11-12-22-34(27)41-35)23-36(33)42-40(39)26-15-5-2-6-16-26/h1-24H. The molecule has 2 nitrogen and oxygen atoms in total. The molecule has 42 heavy (non-hydrogen) atoms. The van der Waals surface area contributed by atoms with Crippen molar-refractivity contribution in [2.24, 2.45) is 0 Å². The van der Waals surface area contributed by atoms with E-state index >= 15 is 0 Å². The lowest BCUT2D eigenvalue weighted by Gasteiger charge is -2.18. The summed E-state index contributed by atoms with van der Waals surface area (Å²) < 4.78 is 13.2. The van der Waals surface area contributed by atoms with Crippen LogP contribution in [0.1, 0.15) is 0 Å². The van der Waals surface area contributed by atoms with Crippen molar-refractivity contribution in [1.82, 2.24) is 0 Å². The molecule has 7 aromatic carbocycles. The second-order valence-electron chi connectivity index (χ2n) is 10.8. The fourth-order valence-corrected chi connectivity index (χ4v) is 6.67. The molecule has 0 bridgehead atoms. The molecule has 0 aliphatic rings. The molecule has 0 fully saturated rings. The van der Waals surface area contributed by atoms with Gasteiger partial charge in [-0.05, 0) is 50.9 Å². The summed E-state index contributed by atoms with van der Waals surface area (Å²) in [5.41, 5.74) is 8.36. The Labute approximate surface area is 242 Å². The zero-order chi connectivity index (χ0) is 27.6. The first kappa shape index (κ1) is 23.1. The monoisotopic (exact) mass is 536 g/mol. The Kier molecular flexibility index (Phi) is 4.93. The van der Waals surface area contributed by atoms with Gasteiger partial charge in [0.1, 0.15) is 22.5 Å². The van der Waals surface area contributed by atoms with E-state index < -0.39 is 0 Å². The van der Waals surface area contributed by atoms with Gasteiger partial charge in [-0.3, -0.25) is 0 Å². The molecule has 0 radical (unpaired) electrons. The van der Waals surface area contributed by atoms with Gasteiger partial charge in [-0.15, -0.1) is 0 Å². The van der Waals surface area contributed by atoms with E-state index in [1.165, 1.54) is 38.2 Å². The first-order chi connectivity index (χ1) is 20.8. The molecule has 0 spiro atoms. The van der Waals surface area contributed by atoms with Crippen molar-refractivity contribution < 1.29 is 8.83 Å². The Hall–Kier alpha value is -5.60. The average molecular weight is 537 g/mol. The van der Waals surface area contributed by atoms with E-state index in [1.54, 1.807) is 0 Å². The normalized spacial score (nSPS) is 11.8. The maximum Gasteiger partial charge on any atom is 0.143 e. The van der Waals surface area contributed by atoms with Crippen LogP contribution in [0.4, 0.5) is 0 Å². The van der Waals surface area contributed by atoms with Crippen LogP contribution in [0.5, 0.6) is 0 Å². The van der Waals surface area contributed by atoms with Gasteiger partial charge in [-0.2, -0.15) is 0 Å². The van der Waals surface area contributed by atoms with E-state index in [-0.39, 0.29) is 0 Å². The summed E-state index contributed by atoms with van der Waals surface area (Å²) in [5.74, 6) is 0.866. The van der Waals surface area contributed by atoms with Gasteiger partial charge in [-0.25, -0.2) is 0 Å². The van der Waals surface area contributed by atoms with Crippen LogP contribution in [0.25, 0.3) is 88.0 Å². The molecule has 2 heterocycles. The minimum atomic E-state index is 0.850. The topological polar surface area (TPSA) is 26.3 Å². The highest BCUT2D eigenvalue weighted by molar-refractivity contribution is 6.25. The summed E-state index contributed by atoms with van der Waals surface area (Å²) in [4.78, 5) is 0. The van der Waals surface area contributed by atoms with E-state index in [0.717, 1.165) is 49.8 Å². The van der Waals surface area contributed by atoms with Gasteiger partial charge in [0.25, 0.3) is 0 Å². The predicted molar refractivity (Wildman–Crippen MR) is 175 cm³/mol. The van der Waals surface area contributed by atoms with E-state index in [9.17, 15) is 0 Å². The molecule has 0 saturated carbocycles. The van der Waals surface area contributed by atoms with Gasteiger partial charge < -0.3 is 8.83 Å². The highest BCUT2D eigenvalue weighted by Crippen LogP contribution is 2.50. The molecule has 196 valence electrons. The van der Waals surface area contributed by atoms with Gasteiger partial charge in [0.15, 0.2) is 0 Å². The summed E-state index contributed by atoms with van der Waals surface area (Å²) in [6, 6.07) is 51.2. The molecule has 0 saturated heterocycles. The number of rotatable bonds is 3. The minimum absolute atomic E-state index is 0.850. The maximum absolute atomic E-state index is 6.84. The molecule has 0 aliphatic carbocycles. The van der Waals surface area contributed by atoms with Crippen LogP contribution < -0.4 is 0 Å². The first-order valence-electron chi connectivity index (χ1n) is 14.3. The van der Waals surface area contributed by atoms with Crippen LogP contribution in [-0.2, 0) is 0 Å². The number of benzene rings is 7. The zero-order valence-electron chi connectivity index (χ0n) is 22.7. The summed E-state index contributed by atoms with van der Waals surface area (Å²) in [7, 11) is 0. The summed E-state index contributed by atoms with van der Waals surface area (Å²) in [5, 5.41) is 8.03. The Morgan fingerprint density at radius 3 is 1.40 bits per heavy atom. The minimum Gasteiger partial charge on any atom is -0.456 e. The number of fused-ring (bicyclic) bond motifs is 6. The van der Waals surface area contributed by atoms with Crippen molar-refractivity contribution in [2.45, 2.75) is 0 Å². The zero-order valence-corrected chi connectivity index (χ0v) is 22.7. The van der Waals surface area contributed by atoms with Crippen molar-refractivity contribution in [2.75, 3.05) is 0 Å². The van der Waals surface area contributed by atoms with Crippen LogP contribution in [0.2, 0.25) is 0 Å². The number of para-hydroxylation sites is 1. The highest BCUT2D eigenvalue weighted by atomic mass is 16.3. The SMILES string of the molecule is c1ccc(-c2oc3cc4c(cc3c2-c2c3ccccc3c(-c3ccccc3)c3ccccc23)oc2ccccc24)cc1. The molecule has 0 amide bonds. The molecule has 2 aromatic heterocycles. The largest absolute Gasteiger partial charge is 0.456 e. The third-order valence-corrected chi connectivity index (χ3v) is 8.47. The van der Waals surface area contributed by atoms with E-state index in [4.69, 9.17) is 8.83 Å². The van der Waals surface area contributed by atoms with E-state index in [2.05, 4.69) is 127 Å². The third-order valence-electron chi connectivity index (χ3n) is 8.47. The second-order valence-corrected chi connectivity index (χ2v) is 10.8. The predicted octanol–water partition coefficient (Wildman–Crippen LogP) is 11.6. The Morgan fingerprint density at radius 1 is 0.286 bits per heavy atom. The second kappa shape index (κ2) is 8.95. The fraction of sp³-hybridized carbons (Fsp3) is 0. The first-order valence-corrected chi connectivity index (χ1v) is 14.3. The van der Waals surface area contributed by atoms with Crippen LogP contribution >= 0.6 is 0 Å². The molecule has 2 heteroatoms. The van der Waals surface area contributed by atoms with Crippen molar-refractivity contribution >= 4 is 54.5 Å². The number of furan rings is 2. The quantitative estimate of drug-likeness (QED) is 0.210. The van der Waals surface area contributed by atoms with E-state index in [1.807, 2.05) is 18.2 Å². The van der Waals surface area contributed by atoms with Gasteiger partial charge in [-0.1, -0.05) is 127 Å². The van der Waals surface area contributed by atoms with Crippen molar-refractivity contribution in [3.63, 3.8) is 0 Å². The average Bonchev–Trinajstić information content (AvgIpc) is 3.61. The van der Waals surface area contributed by atoms with Crippen molar-refractivity contribution in [3.8, 4) is 33.6 Å². The van der Waals surface area contributed by atoms with Crippen LogP contribution in [-0.4, -0.2) is 0 Å². The molecule has 9 rings (SSSR count). The van der Waals surface area contributed by atoms with Crippen LogP contribution in [0, 0.1) is 0 Å². The summed E-state index contributed by atoms with van der Waals surface area (Å²) in [6.07, 6.45) is 0. The van der Waals surface area contributed by atoms with Gasteiger partial charge in [0, 0.05) is 32.8 Å². The molecular weight excluding hydrogens is 512 g/mol. The lowest BCUT2D eigenvalue weighted by atomic mass is 9.84. The Bertz CT molecular complexity index is 2390. The molecule has 0 unspecified atom stereocenters. The van der Waals surface area contributed by atoms with Crippen molar-refractivity contribution in [3.05, 3.63) is 146 Å². The third kappa shape index (κ3) is 3.33. The molecule has 0 atom stereocenters. The molecule has 9 aromatic rings. The molecule has 0 aliphatic heterocycles. The Morgan fingerprint density at radius 2 is 0.762 bits per heavy atom. The summed E-state index contributed by atoms with van der Waals surface area (Å²) in [6.45, 7) is 0. The maximum atomic E-state index is 6.84.